The van der Waals surface area contributed by atoms with Crippen LogP contribution in [0, 0.1) is 6.92 Å². The summed E-state index contributed by atoms with van der Waals surface area (Å²) in [6.07, 6.45) is 3.14. The molecule has 25 heavy (non-hydrogen) atoms. The number of nitrogens with zero attached hydrogens (tertiary/aromatic N) is 1. The minimum Gasteiger partial charge on any atom is -0.497 e. The zero-order chi connectivity index (χ0) is 17.8. The quantitative estimate of drug-likeness (QED) is 0.716. The van der Waals surface area contributed by atoms with Gasteiger partial charge in [-0.05, 0) is 42.0 Å². The first-order valence-corrected chi connectivity index (χ1v) is 7.67. The number of hydrogen-bond donors (Lipinski definition) is 1. The SMILES string of the molecule is COc1cc(/C=C/C(=O)Nc2ccc3oc(C)nc3c2)cc(OC)c1. The summed E-state index contributed by atoms with van der Waals surface area (Å²) in [5.41, 5.74) is 2.85. The van der Waals surface area contributed by atoms with Gasteiger partial charge < -0.3 is 19.2 Å². The highest BCUT2D eigenvalue weighted by molar-refractivity contribution is 6.02. The van der Waals surface area contributed by atoms with Crippen molar-refractivity contribution in [1.29, 1.82) is 0 Å². The number of carbonyl (C=O) groups is 1. The fourth-order valence-electron chi connectivity index (χ4n) is 2.40. The molecule has 0 saturated carbocycles. The molecule has 0 atom stereocenters. The van der Waals surface area contributed by atoms with Crippen molar-refractivity contribution < 1.29 is 18.7 Å². The molecule has 0 aliphatic carbocycles. The topological polar surface area (TPSA) is 73.6 Å². The zero-order valence-corrected chi connectivity index (χ0v) is 14.2. The number of oxazole rings is 1. The van der Waals surface area contributed by atoms with Gasteiger partial charge in [0.15, 0.2) is 11.5 Å². The summed E-state index contributed by atoms with van der Waals surface area (Å²) >= 11 is 0. The number of aryl methyl sites for hydroxylation is 1. The van der Waals surface area contributed by atoms with E-state index in [1.54, 1.807) is 51.5 Å². The molecule has 0 aliphatic heterocycles. The van der Waals surface area contributed by atoms with Gasteiger partial charge in [0.05, 0.1) is 14.2 Å². The predicted octanol–water partition coefficient (Wildman–Crippen LogP) is 3.81. The molecule has 3 aromatic rings. The lowest BCUT2D eigenvalue weighted by Gasteiger charge is -2.06. The molecule has 1 aromatic heterocycles. The van der Waals surface area contributed by atoms with E-state index in [0.29, 0.717) is 34.2 Å². The van der Waals surface area contributed by atoms with Crippen LogP contribution in [0.15, 0.2) is 46.9 Å². The number of methoxy groups -OCH3 is 2. The number of anilines is 1. The molecule has 0 aliphatic rings. The molecule has 0 unspecified atom stereocenters. The van der Waals surface area contributed by atoms with E-state index in [0.717, 1.165) is 5.56 Å². The van der Waals surface area contributed by atoms with Crippen LogP contribution in [0.1, 0.15) is 11.5 Å². The summed E-state index contributed by atoms with van der Waals surface area (Å²) in [6, 6.07) is 10.7. The minimum absolute atomic E-state index is 0.249. The number of aromatic nitrogens is 1. The normalized spacial score (nSPS) is 11.0. The minimum atomic E-state index is -0.249. The van der Waals surface area contributed by atoms with Crippen molar-refractivity contribution in [2.75, 3.05) is 19.5 Å². The molecule has 1 amide bonds. The summed E-state index contributed by atoms with van der Waals surface area (Å²) in [5, 5.41) is 2.80. The van der Waals surface area contributed by atoms with Gasteiger partial charge in [0.1, 0.15) is 17.0 Å². The number of amides is 1. The molecule has 0 radical (unpaired) electrons. The van der Waals surface area contributed by atoms with Crippen LogP contribution in [0.5, 0.6) is 11.5 Å². The number of ether oxygens (including phenoxy) is 2. The van der Waals surface area contributed by atoms with Gasteiger partial charge in [-0.2, -0.15) is 0 Å². The van der Waals surface area contributed by atoms with Crippen LogP contribution < -0.4 is 14.8 Å². The van der Waals surface area contributed by atoms with E-state index in [1.807, 2.05) is 12.1 Å². The van der Waals surface area contributed by atoms with Crippen molar-refractivity contribution in [3.8, 4) is 11.5 Å². The van der Waals surface area contributed by atoms with Crippen molar-refractivity contribution in [2.45, 2.75) is 6.92 Å². The molecule has 0 saturated heterocycles. The Morgan fingerprint density at radius 2 is 1.84 bits per heavy atom. The Morgan fingerprint density at radius 1 is 1.12 bits per heavy atom. The Hall–Kier alpha value is -3.28. The molecule has 1 heterocycles. The number of benzene rings is 2. The smallest absolute Gasteiger partial charge is 0.248 e. The van der Waals surface area contributed by atoms with Gasteiger partial charge in [0.25, 0.3) is 0 Å². The highest BCUT2D eigenvalue weighted by atomic mass is 16.5. The predicted molar refractivity (Wildman–Crippen MR) is 96.0 cm³/mol. The fraction of sp³-hybridized carbons (Fsp3) is 0.158. The van der Waals surface area contributed by atoms with Gasteiger partial charge in [0.2, 0.25) is 5.91 Å². The average Bonchev–Trinajstić information content (AvgIpc) is 2.98. The Kier molecular flexibility index (Phi) is 4.70. The lowest BCUT2D eigenvalue weighted by Crippen LogP contribution is -2.07. The standard InChI is InChI=1S/C19H18N2O4/c1-12-20-17-10-14(5-6-18(17)25-12)21-19(22)7-4-13-8-15(23-2)11-16(9-13)24-3/h4-11H,1-3H3,(H,21,22)/b7-4+. The van der Waals surface area contributed by atoms with Crippen LogP contribution >= 0.6 is 0 Å². The number of carbonyl (C=O) groups excluding carboxylic acids is 1. The summed E-state index contributed by atoms with van der Waals surface area (Å²) in [4.78, 5) is 16.4. The van der Waals surface area contributed by atoms with Crippen LogP contribution in [-0.4, -0.2) is 25.1 Å². The van der Waals surface area contributed by atoms with Gasteiger partial charge >= 0.3 is 0 Å². The Labute approximate surface area is 145 Å². The molecule has 128 valence electrons. The summed E-state index contributed by atoms with van der Waals surface area (Å²) in [5.74, 6) is 1.66. The first kappa shape index (κ1) is 16.6. The molecule has 6 heteroatoms. The van der Waals surface area contributed by atoms with Crippen LogP contribution in [0.25, 0.3) is 17.2 Å². The Balaban J connectivity index is 1.73. The summed E-state index contributed by atoms with van der Waals surface area (Å²) < 4.78 is 15.8. The molecule has 3 rings (SSSR count). The molecular formula is C19H18N2O4. The lowest BCUT2D eigenvalue weighted by molar-refractivity contribution is -0.111. The first-order chi connectivity index (χ1) is 12.1. The van der Waals surface area contributed by atoms with Crippen molar-refractivity contribution in [3.05, 3.63) is 53.9 Å². The van der Waals surface area contributed by atoms with Crippen molar-refractivity contribution in [2.24, 2.45) is 0 Å². The van der Waals surface area contributed by atoms with Crippen LogP contribution in [-0.2, 0) is 4.79 Å². The van der Waals surface area contributed by atoms with E-state index in [-0.39, 0.29) is 5.91 Å². The van der Waals surface area contributed by atoms with Gasteiger partial charge in [-0.3, -0.25) is 4.79 Å². The summed E-state index contributed by atoms with van der Waals surface area (Å²) in [7, 11) is 3.16. The number of nitrogens with one attached hydrogen (secondary N) is 1. The second-order valence-corrected chi connectivity index (χ2v) is 5.38. The maximum atomic E-state index is 12.1. The highest BCUT2D eigenvalue weighted by Crippen LogP contribution is 2.23. The third-order valence-corrected chi connectivity index (χ3v) is 3.56. The van der Waals surface area contributed by atoms with Crippen molar-refractivity contribution in [1.82, 2.24) is 4.98 Å². The van der Waals surface area contributed by atoms with E-state index in [4.69, 9.17) is 13.9 Å². The van der Waals surface area contributed by atoms with Crippen molar-refractivity contribution in [3.63, 3.8) is 0 Å². The highest BCUT2D eigenvalue weighted by Gasteiger charge is 2.05. The molecule has 0 spiro atoms. The molecule has 0 bridgehead atoms. The second kappa shape index (κ2) is 7.09. The van der Waals surface area contributed by atoms with Crippen LogP contribution in [0.3, 0.4) is 0 Å². The fourth-order valence-corrected chi connectivity index (χ4v) is 2.40. The van der Waals surface area contributed by atoms with Gasteiger partial charge in [0, 0.05) is 24.8 Å². The van der Waals surface area contributed by atoms with E-state index >= 15 is 0 Å². The third-order valence-electron chi connectivity index (χ3n) is 3.56. The van der Waals surface area contributed by atoms with Crippen LogP contribution in [0.2, 0.25) is 0 Å². The molecule has 1 N–H and O–H groups in total. The zero-order valence-electron chi connectivity index (χ0n) is 14.2. The maximum Gasteiger partial charge on any atom is 0.248 e. The van der Waals surface area contributed by atoms with Gasteiger partial charge in [-0.1, -0.05) is 0 Å². The second-order valence-electron chi connectivity index (χ2n) is 5.38. The molecule has 6 nitrogen and oxygen atoms in total. The molecular weight excluding hydrogens is 320 g/mol. The number of rotatable bonds is 5. The molecule has 0 fully saturated rings. The van der Waals surface area contributed by atoms with E-state index < -0.39 is 0 Å². The van der Waals surface area contributed by atoms with E-state index in [1.165, 1.54) is 6.08 Å². The summed E-state index contributed by atoms with van der Waals surface area (Å²) in [6.45, 7) is 1.78. The maximum absolute atomic E-state index is 12.1. The van der Waals surface area contributed by atoms with E-state index in [2.05, 4.69) is 10.3 Å². The number of fused-ring (bicyclic) bond motifs is 1. The average molecular weight is 338 g/mol. The lowest BCUT2D eigenvalue weighted by atomic mass is 10.2. The van der Waals surface area contributed by atoms with E-state index in [9.17, 15) is 4.79 Å². The first-order valence-electron chi connectivity index (χ1n) is 7.67. The number of hydrogen-bond acceptors (Lipinski definition) is 5. The van der Waals surface area contributed by atoms with Gasteiger partial charge in [-0.15, -0.1) is 0 Å². The largest absolute Gasteiger partial charge is 0.497 e. The Bertz CT molecular complexity index is 921. The molecule has 2 aromatic carbocycles. The van der Waals surface area contributed by atoms with Crippen LogP contribution in [0.4, 0.5) is 5.69 Å². The van der Waals surface area contributed by atoms with Crippen molar-refractivity contribution >= 4 is 28.8 Å². The van der Waals surface area contributed by atoms with Gasteiger partial charge in [-0.25, -0.2) is 4.98 Å². The monoisotopic (exact) mass is 338 g/mol. The Morgan fingerprint density at radius 3 is 2.52 bits per heavy atom. The third kappa shape index (κ3) is 3.98.